The van der Waals surface area contributed by atoms with E-state index in [4.69, 9.17) is 16.0 Å². The molecular weight excluding hydrogens is 416 g/mol. The van der Waals surface area contributed by atoms with Gasteiger partial charge < -0.3 is 9.80 Å². The fraction of sp³-hybridized carbons (Fsp3) is 0.391. The van der Waals surface area contributed by atoms with Crippen LogP contribution < -0.4 is 4.90 Å². The summed E-state index contributed by atoms with van der Waals surface area (Å²) in [5.74, 6) is 1.26. The number of carbonyl (C=O) groups excluding carboxylic acids is 1. The molecule has 1 amide bonds. The van der Waals surface area contributed by atoms with E-state index >= 15 is 0 Å². The van der Waals surface area contributed by atoms with Gasteiger partial charge in [0.05, 0.1) is 4.70 Å². The van der Waals surface area contributed by atoms with E-state index in [1.165, 1.54) is 10.1 Å². The summed E-state index contributed by atoms with van der Waals surface area (Å²) < 4.78 is 5.96. The smallest absolute Gasteiger partial charge is 0.254 e. The lowest BCUT2D eigenvalue weighted by Crippen LogP contribution is -2.46. The van der Waals surface area contributed by atoms with E-state index in [0.717, 1.165) is 69.1 Å². The van der Waals surface area contributed by atoms with Gasteiger partial charge >= 0.3 is 0 Å². The first-order valence-electron chi connectivity index (χ1n) is 10.6. The number of halogens is 1. The van der Waals surface area contributed by atoms with Gasteiger partial charge in [-0.1, -0.05) is 29.8 Å². The van der Waals surface area contributed by atoms with Gasteiger partial charge in [0, 0.05) is 55.2 Å². The fourth-order valence-corrected chi connectivity index (χ4v) is 5.40. The highest BCUT2D eigenvalue weighted by Gasteiger charge is 2.27. The number of piperazine rings is 1. The van der Waals surface area contributed by atoms with Crippen LogP contribution in [0, 0.1) is 0 Å². The number of nitrogens with zero attached hydrogens (tertiary/aromatic N) is 4. The Kier molecular flexibility index (Phi) is 5.63. The van der Waals surface area contributed by atoms with Crippen molar-refractivity contribution in [1.29, 1.82) is 0 Å². The molecule has 30 heavy (non-hydrogen) atoms. The average Bonchev–Trinajstić information content (AvgIpc) is 3.33. The van der Waals surface area contributed by atoms with Crippen LogP contribution in [0.4, 0.5) is 5.82 Å². The van der Waals surface area contributed by atoms with Crippen LogP contribution in [0.15, 0.2) is 42.5 Å². The molecule has 0 N–H and O–H groups in total. The molecule has 2 aliphatic heterocycles. The Hall–Kier alpha value is -2.15. The van der Waals surface area contributed by atoms with Crippen LogP contribution in [-0.2, 0) is 6.54 Å². The van der Waals surface area contributed by atoms with Crippen LogP contribution in [0.25, 0.3) is 10.1 Å². The van der Waals surface area contributed by atoms with Crippen molar-refractivity contribution in [3.05, 3.63) is 58.6 Å². The van der Waals surface area contributed by atoms with Crippen LogP contribution in [0.3, 0.4) is 0 Å². The standard InChI is InChI=1S/C23H25ClN4OS/c24-18-8-7-17-16-28(23(29)20(17)15-18)10-4-3-9-26-11-13-27(14-12-26)22-19-5-1-2-6-21(19)30-25-22/h1-2,5-8,15H,3-4,9-14,16H2. The number of hydrogen-bond donors (Lipinski definition) is 0. The number of fused-ring (bicyclic) bond motifs is 2. The molecule has 0 atom stereocenters. The predicted octanol–water partition coefficient (Wildman–Crippen LogP) is 4.51. The van der Waals surface area contributed by atoms with Gasteiger partial charge in [-0.2, -0.15) is 4.37 Å². The first-order chi connectivity index (χ1) is 14.7. The molecule has 1 fully saturated rings. The minimum Gasteiger partial charge on any atom is -0.353 e. The number of aromatic nitrogens is 1. The Morgan fingerprint density at radius 1 is 1.00 bits per heavy atom. The van der Waals surface area contributed by atoms with Crippen molar-refractivity contribution in [3.8, 4) is 0 Å². The zero-order chi connectivity index (χ0) is 20.5. The van der Waals surface area contributed by atoms with Crippen molar-refractivity contribution < 1.29 is 4.79 Å². The maximum absolute atomic E-state index is 12.5. The third kappa shape index (κ3) is 3.92. The number of anilines is 1. The molecule has 3 heterocycles. The molecule has 0 unspecified atom stereocenters. The van der Waals surface area contributed by atoms with E-state index in [-0.39, 0.29) is 5.91 Å². The molecule has 0 saturated carbocycles. The Balaban J connectivity index is 1.06. The first-order valence-corrected chi connectivity index (χ1v) is 11.7. The second-order valence-corrected chi connectivity index (χ2v) is 9.31. The van der Waals surface area contributed by atoms with Crippen molar-refractivity contribution in [1.82, 2.24) is 14.2 Å². The second kappa shape index (κ2) is 8.53. The molecule has 5 nitrogen and oxygen atoms in total. The minimum absolute atomic E-state index is 0.122. The van der Waals surface area contributed by atoms with E-state index in [0.29, 0.717) is 11.6 Å². The Labute approximate surface area is 186 Å². The van der Waals surface area contributed by atoms with Crippen molar-refractivity contribution in [2.24, 2.45) is 0 Å². The number of amides is 1. The van der Waals surface area contributed by atoms with Gasteiger partial charge in [-0.3, -0.25) is 9.69 Å². The van der Waals surface area contributed by atoms with Crippen LogP contribution >= 0.6 is 23.1 Å². The molecule has 1 saturated heterocycles. The summed E-state index contributed by atoms with van der Waals surface area (Å²) in [6.45, 7) is 6.80. The summed E-state index contributed by atoms with van der Waals surface area (Å²) in [5.41, 5.74) is 1.86. The third-order valence-corrected chi connectivity index (χ3v) is 7.19. The van der Waals surface area contributed by atoms with Crippen LogP contribution in [0.2, 0.25) is 5.02 Å². The molecule has 0 aliphatic carbocycles. The van der Waals surface area contributed by atoms with Crippen molar-refractivity contribution >= 4 is 44.9 Å². The second-order valence-electron chi connectivity index (χ2n) is 8.07. The molecule has 0 radical (unpaired) electrons. The maximum atomic E-state index is 12.5. The highest BCUT2D eigenvalue weighted by atomic mass is 35.5. The Bertz CT molecular complexity index is 1060. The molecule has 0 bridgehead atoms. The Morgan fingerprint density at radius 3 is 2.67 bits per heavy atom. The SMILES string of the molecule is O=C1c2cc(Cl)ccc2CN1CCCCN1CCN(c2nsc3ccccc23)CC1. The molecule has 1 aromatic heterocycles. The van der Waals surface area contributed by atoms with Crippen LogP contribution in [-0.4, -0.2) is 59.3 Å². The summed E-state index contributed by atoms with van der Waals surface area (Å²) in [4.78, 5) is 19.4. The molecule has 5 rings (SSSR count). The number of benzene rings is 2. The average molecular weight is 441 g/mol. The normalized spacial score (nSPS) is 17.2. The van der Waals surface area contributed by atoms with Crippen LogP contribution in [0.5, 0.6) is 0 Å². The lowest BCUT2D eigenvalue weighted by Gasteiger charge is -2.35. The number of rotatable bonds is 6. The lowest BCUT2D eigenvalue weighted by molar-refractivity contribution is 0.0774. The van der Waals surface area contributed by atoms with Gasteiger partial charge in [0.2, 0.25) is 0 Å². The number of carbonyl (C=O) groups is 1. The van der Waals surface area contributed by atoms with Crippen molar-refractivity contribution in [3.63, 3.8) is 0 Å². The zero-order valence-electron chi connectivity index (χ0n) is 16.9. The monoisotopic (exact) mass is 440 g/mol. The summed E-state index contributed by atoms with van der Waals surface area (Å²) in [5, 5.41) is 1.90. The summed E-state index contributed by atoms with van der Waals surface area (Å²) >= 11 is 7.63. The van der Waals surface area contributed by atoms with Gasteiger partial charge in [-0.25, -0.2) is 0 Å². The summed E-state index contributed by atoms with van der Waals surface area (Å²) in [6, 6.07) is 14.1. The lowest BCUT2D eigenvalue weighted by atomic mass is 10.1. The topological polar surface area (TPSA) is 39.7 Å². The quantitative estimate of drug-likeness (QED) is 0.529. The van der Waals surface area contributed by atoms with E-state index in [2.05, 4.69) is 34.1 Å². The van der Waals surface area contributed by atoms with Gasteiger partial charge in [-0.05, 0) is 60.7 Å². The molecule has 7 heteroatoms. The Morgan fingerprint density at radius 2 is 1.80 bits per heavy atom. The number of hydrogen-bond acceptors (Lipinski definition) is 5. The van der Waals surface area contributed by atoms with Crippen molar-refractivity contribution in [2.45, 2.75) is 19.4 Å². The van der Waals surface area contributed by atoms with Gasteiger partial charge in [0.1, 0.15) is 5.82 Å². The fourth-order valence-electron chi connectivity index (χ4n) is 4.44. The highest BCUT2D eigenvalue weighted by molar-refractivity contribution is 7.13. The minimum atomic E-state index is 0.122. The largest absolute Gasteiger partial charge is 0.353 e. The highest BCUT2D eigenvalue weighted by Crippen LogP contribution is 2.30. The molecule has 0 spiro atoms. The predicted molar refractivity (Wildman–Crippen MR) is 124 cm³/mol. The number of unbranched alkanes of at least 4 members (excludes halogenated alkanes) is 1. The molecule has 2 aromatic carbocycles. The van der Waals surface area contributed by atoms with Crippen molar-refractivity contribution in [2.75, 3.05) is 44.2 Å². The van der Waals surface area contributed by atoms with Crippen LogP contribution in [0.1, 0.15) is 28.8 Å². The van der Waals surface area contributed by atoms with E-state index < -0.39 is 0 Å². The molecule has 3 aromatic rings. The van der Waals surface area contributed by atoms with E-state index in [1.807, 2.05) is 17.0 Å². The summed E-state index contributed by atoms with van der Waals surface area (Å²) in [6.07, 6.45) is 2.14. The van der Waals surface area contributed by atoms with E-state index in [9.17, 15) is 4.79 Å². The van der Waals surface area contributed by atoms with Gasteiger partial charge in [-0.15, -0.1) is 0 Å². The first kappa shape index (κ1) is 19.8. The molecule has 156 valence electrons. The molecular formula is C23H25ClN4OS. The zero-order valence-corrected chi connectivity index (χ0v) is 18.5. The summed E-state index contributed by atoms with van der Waals surface area (Å²) in [7, 11) is 0. The van der Waals surface area contributed by atoms with Gasteiger partial charge in [0.15, 0.2) is 0 Å². The maximum Gasteiger partial charge on any atom is 0.254 e. The molecule has 2 aliphatic rings. The van der Waals surface area contributed by atoms with E-state index in [1.54, 1.807) is 17.6 Å². The third-order valence-electron chi connectivity index (χ3n) is 6.13. The van der Waals surface area contributed by atoms with Gasteiger partial charge in [0.25, 0.3) is 5.91 Å².